The fraction of sp³-hybridized carbons (Fsp3) is 0.429. The number of hydrogen-bond donors (Lipinski definition) is 3. The minimum atomic E-state index is -1.20. The standard InChI is InChI=1S/C14H18F2N2O3/c1-3-14(4-2,13(20)21)17-8-12(19)18-11-6-5-9(15)7-10(11)16/h5-7,17H,3-4,8H2,1-2H3,(H,18,19)(H,20,21). The second-order valence-electron chi connectivity index (χ2n) is 4.62. The summed E-state index contributed by atoms with van der Waals surface area (Å²) >= 11 is 0. The third kappa shape index (κ3) is 4.22. The van der Waals surface area contributed by atoms with Crippen LogP contribution >= 0.6 is 0 Å². The van der Waals surface area contributed by atoms with Crippen LogP contribution in [0.1, 0.15) is 26.7 Å². The van der Waals surface area contributed by atoms with E-state index >= 15 is 0 Å². The molecule has 21 heavy (non-hydrogen) atoms. The SMILES string of the molecule is CCC(CC)(NCC(=O)Nc1ccc(F)cc1F)C(=O)O. The summed E-state index contributed by atoms with van der Waals surface area (Å²) in [6, 6.07) is 2.78. The number of carbonyl (C=O) groups is 2. The van der Waals surface area contributed by atoms with Gasteiger partial charge in [0.25, 0.3) is 0 Å². The van der Waals surface area contributed by atoms with E-state index in [1.165, 1.54) is 0 Å². The van der Waals surface area contributed by atoms with Crippen molar-refractivity contribution < 1.29 is 23.5 Å². The molecule has 0 bridgehead atoms. The van der Waals surface area contributed by atoms with Crippen molar-refractivity contribution in [2.24, 2.45) is 0 Å². The first kappa shape index (κ1) is 17.0. The van der Waals surface area contributed by atoms with Crippen LogP contribution in [0.3, 0.4) is 0 Å². The molecule has 0 radical (unpaired) electrons. The maximum Gasteiger partial charge on any atom is 0.323 e. The molecule has 3 N–H and O–H groups in total. The average Bonchev–Trinajstić information content (AvgIpc) is 2.43. The Morgan fingerprint density at radius 1 is 1.24 bits per heavy atom. The van der Waals surface area contributed by atoms with Gasteiger partial charge < -0.3 is 10.4 Å². The van der Waals surface area contributed by atoms with Crippen LogP contribution < -0.4 is 10.6 Å². The highest BCUT2D eigenvalue weighted by molar-refractivity contribution is 5.93. The lowest BCUT2D eigenvalue weighted by Crippen LogP contribution is -2.53. The molecule has 0 atom stereocenters. The summed E-state index contributed by atoms with van der Waals surface area (Å²) in [4.78, 5) is 23.0. The Balaban J connectivity index is 2.67. The van der Waals surface area contributed by atoms with Crippen LogP contribution in [0, 0.1) is 11.6 Å². The van der Waals surface area contributed by atoms with Gasteiger partial charge in [0.15, 0.2) is 0 Å². The Morgan fingerprint density at radius 2 is 1.86 bits per heavy atom. The lowest BCUT2D eigenvalue weighted by Gasteiger charge is -2.27. The van der Waals surface area contributed by atoms with Crippen molar-refractivity contribution in [3.63, 3.8) is 0 Å². The predicted octanol–water partition coefficient (Wildman–Crippen LogP) is 2.14. The van der Waals surface area contributed by atoms with Crippen molar-refractivity contribution >= 4 is 17.6 Å². The van der Waals surface area contributed by atoms with Crippen LogP contribution in [-0.4, -0.2) is 29.1 Å². The van der Waals surface area contributed by atoms with E-state index in [0.717, 1.165) is 12.1 Å². The lowest BCUT2D eigenvalue weighted by molar-refractivity contribution is -0.145. The quantitative estimate of drug-likeness (QED) is 0.721. The van der Waals surface area contributed by atoms with E-state index in [1.807, 2.05) is 0 Å². The van der Waals surface area contributed by atoms with Gasteiger partial charge >= 0.3 is 5.97 Å². The van der Waals surface area contributed by atoms with Gasteiger partial charge in [-0.3, -0.25) is 14.9 Å². The van der Waals surface area contributed by atoms with Crippen molar-refractivity contribution in [3.05, 3.63) is 29.8 Å². The zero-order chi connectivity index (χ0) is 16.0. The highest BCUT2D eigenvalue weighted by Gasteiger charge is 2.34. The maximum atomic E-state index is 13.4. The lowest BCUT2D eigenvalue weighted by atomic mass is 9.93. The average molecular weight is 300 g/mol. The van der Waals surface area contributed by atoms with Crippen LogP contribution in [0.2, 0.25) is 0 Å². The number of halogens is 2. The molecule has 1 aromatic carbocycles. The Kier molecular flexibility index (Phi) is 5.78. The van der Waals surface area contributed by atoms with Crippen molar-refractivity contribution in [1.29, 1.82) is 0 Å². The second-order valence-corrected chi connectivity index (χ2v) is 4.62. The number of aliphatic carboxylic acids is 1. The van der Waals surface area contributed by atoms with E-state index in [-0.39, 0.29) is 12.2 Å². The molecule has 0 saturated heterocycles. The van der Waals surface area contributed by atoms with E-state index in [0.29, 0.717) is 18.9 Å². The van der Waals surface area contributed by atoms with Crippen LogP contribution in [0.4, 0.5) is 14.5 Å². The molecule has 1 aromatic rings. The number of benzene rings is 1. The van der Waals surface area contributed by atoms with Crippen LogP contribution in [0.5, 0.6) is 0 Å². The number of anilines is 1. The molecule has 5 nitrogen and oxygen atoms in total. The maximum absolute atomic E-state index is 13.4. The van der Waals surface area contributed by atoms with Crippen molar-refractivity contribution in [2.45, 2.75) is 32.2 Å². The number of nitrogens with one attached hydrogen (secondary N) is 2. The topological polar surface area (TPSA) is 78.4 Å². The summed E-state index contributed by atoms with van der Waals surface area (Å²) < 4.78 is 26.1. The third-order valence-corrected chi connectivity index (χ3v) is 3.41. The molecule has 0 fully saturated rings. The molecular formula is C14H18F2N2O3. The molecule has 0 aliphatic rings. The molecule has 0 unspecified atom stereocenters. The van der Waals surface area contributed by atoms with Crippen LogP contribution in [0.15, 0.2) is 18.2 Å². The van der Waals surface area contributed by atoms with Crippen molar-refractivity contribution in [2.75, 3.05) is 11.9 Å². The molecule has 1 rings (SSSR count). The molecule has 0 spiro atoms. The van der Waals surface area contributed by atoms with Gasteiger partial charge in [-0.25, -0.2) is 8.78 Å². The number of amides is 1. The van der Waals surface area contributed by atoms with Gasteiger partial charge in [0, 0.05) is 6.07 Å². The fourth-order valence-electron chi connectivity index (χ4n) is 1.91. The molecule has 1 amide bonds. The van der Waals surface area contributed by atoms with Crippen molar-refractivity contribution in [3.8, 4) is 0 Å². The minimum absolute atomic E-state index is 0.155. The summed E-state index contributed by atoms with van der Waals surface area (Å²) in [7, 11) is 0. The highest BCUT2D eigenvalue weighted by Crippen LogP contribution is 2.16. The Morgan fingerprint density at radius 3 is 2.33 bits per heavy atom. The van der Waals surface area contributed by atoms with E-state index in [4.69, 9.17) is 0 Å². The third-order valence-electron chi connectivity index (χ3n) is 3.41. The zero-order valence-electron chi connectivity index (χ0n) is 11.9. The van der Waals surface area contributed by atoms with Crippen molar-refractivity contribution in [1.82, 2.24) is 5.32 Å². The van der Waals surface area contributed by atoms with E-state index < -0.39 is 29.0 Å². The van der Waals surface area contributed by atoms with Crippen LogP contribution in [-0.2, 0) is 9.59 Å². The molecular weight excluding hydrogens is 282 g/mol. The summed E-state index contributed by atoms with van der Waals surface area (Å²) in [6.07, 6.45) is 0.605. The first-order valence-electron chi connectivity index (χ1n) is 6.58. The molecule has 0 aromatic heterocycles. The number of carboxylic acid groups (broad SMARTS) is 1. The molecule has 0 heterocycles. The van der Waals surface area contributed by atoms with E-state index in [2.05, 4.69) is 10.6 Å². The van der Waals surface area contributed by atoms with Gasteiger partial charge in [0.2, 0.25) is 5.91 Å². The number of carboxylic acids is 1. The van der Waals surface area contributed by atoms with Gasteiger partial charge in [0.05, 0.1) is 12.2 Å². The summed E-state index contributed by atoms with van der Waals surface area (Å²) in [6.45, 7) is 3.11. The molecule has 0 saturated carbocycles. The monoisotopic (exact) mass is 300 g/mol. The second kappa shape index (κ2) is 7.12. The molecule has 0 aliphatic heterocycles. The van der Waals surface area contributed by atoms with Gasteiger partial charge in [-0.05, 0) is 25.0 Å². The number of carbonyl (C=O) groups excluding carboxylic acids is 1. The normalized spacial score (nSPS) is 11.2. The molecule has 116 valence electrons. The predicted molar refractivity (Wildman–Crippen MR) is 73.9 cm³/mol. The number of hydrogen-bond acceptors (Lipinski definition) is 3. The fourth-order valence-corrected chi connectivity index (χ4v) is 1.91. The smallest absolute Gasteiger partial charge is 0.323 e. The summed E-state index contributed by atoms with van der Waals surface area (Å²) in [5.74, 6) is -3.29. The van der Waals surface area contributed by atoms with Gasteiger partial charge in [-0.15, -0.1) is 0 Å². The Hall–Kier alpha value is -2.02. The van der Waals surface area contributed by atoms with Gasteiger partial charge in [0.1, 0.15) is 17.2 Å². The molecule has 0 aliphatic carbocycles. The largest absolute Gasteiger partial charge is 0.480 e. The minimum Gasteiger partial charge on any atom is -0.480 e. The first-order chi connectivity index (χ1) is 9.84. The Bertz CT molecular complexity index is 531. The van der Waals surface area contributed by atoms with E-state index in [9.17, 15) is 23.5 Å². The highest BCUT2D eigenvalue weighted by atomic mass is 19.1. The molecule has 7 heteroatoms. The zero-order valence-corrected chi connectivity index (χ0v) is 11.9. The van der Waals surface area contributed by atoms with Crippen LogP contribution in [0.25, 0.3) is 0 Å². The first-order valence-corrected chi connectivity index (χ1v) is 6.58. The van der Waals surface area contributed by atoms with Gasteiger partial charge in [-0.2, -0.15) is 0 Å². The Labute approximate surface area is 121 Å². The van der Waals surface area contributed by atoms with Gasteiger partial charge in [-0.1, -0.05) is 13.8 Å². The summed E-state index contributed by atoms with van der Waals surface area (Å²) in [5, 5.41) is 14.1. The summed E-state index contributed by atoms with van der Waals surface area (Å²) in [5.41, 5.74) is -1.35. The van der Waals surface area contributed by atoms with E-state index in [1.54, 1.807) is 13.8 Å². The number of rotatable bonds is 7.